The third-order valence-corrected chi connectivity index (χ3v) is 5.71. The van der Waals surface area contributed by atoms with E-state index in [2.05, 4.69) is 15.4 Å². The number of carbonyl (C=O) groups is 1. The molecule has 130 valence electrons. The average molecular weight is 382 g/mol. The number of aromatic nitrogens is 3. The topological polar surface area (TPSA) is 76.9 Å². The quantitative estimate of drug-likeness (QED) is 0.583. The molecular weight excluding hydrogens is 368 g/mol. The van der Waals surface area contributed by atoms with Crippen molar-refractivity contribution in [3.05, 3.63) is 64.3 Å². The number of hydrogen-bond acceptors (Lipinski definition) is 6. The molecule has 0 saturated heterocycles. The molecule has 0 bridgehead atoms. The van der Waals surface area contributed by atoms with Crippen LogP contribution in [0.2, 0.25) is 0 Å². The van der Waals surface area contributed by atoms with E-state index in [0.717, 1.165) is 15.1 Å². The van der Waals surface area contributed by atoms with Crippen molar-refractivity contribution >= 4 is 43.9 Å². The fraction of sp³-hybridized carbons (Fsp3) is 0.111. The highest BCUT2D eigenvalue weighted by Gasteiger charge is 2.19. The van der Waals surface area contributed by atoms with Crippen molar-refractivity contribution in [1.82, 2.24) is 14.8 Å². The first kappa shape index (κ1) is 16.6. The summed E-state index contributed by atoms with van der Waals surface area (Å²) in [7, 11) is 0. The Kier molecular flexibility index (Phi) is 4.36. The molecule has 6 nitrogen and oxygen atoms in total. The molecule has 3 heterocycles. The van der Waals surface area contributed by atoms with Crippen LogP contribution >= 0.6 is 22.7 Å². The zero-order valence-electron chi connectivity index (χ0n) is 13.7. The lowest BCUT2D eigenvalue weighted by Gasteiger charge is -2.13. The van der Waals surface area contributed by atoms with Crippen LogP contribution in [0.5, 0.6) is 0 Å². The number of rotatable bonds is 4. The van der Waals surface area contributed by atoms with Crippen LogP contribution in [0.15, 0.2) is 58.7 Å². The van der Waals surface area contributed by atoms with Gasteiger partial charge in [-0.3, -0.25) is 9.59 Å². The van der Waals surface area contributed by atoms with Crippen molar-refractivity contribution in [2.24, 2.45) is 0 Å². The van der Waals surface area contributed by atoms with Crippen LogP contribution in [0.3, 0.4) is 0 Å². The molecule has 8 heteroatoms. The number of amides is 1. The summed E-state index contributed by atoms with van der Waals surface area (Å²) in [4.78, 5) is 30.1. The molecule has 0 aliphatic heterocycles. The van der Waals surface area contributed by atoms with Crippen LogP contribution in [0, 0.1) is 0 Å². The third-order valence-electron chi connectivity index (χ3n) is 3.87. The van der Waals surface area contributed by atoms with Gasteiger partial charge in [0.25, 0.3) is 11.5 Å². The molecule has 0 fully saturated rings. The van der Waals surface area contributed by atoms with Crippen molar-refractivity contribution in [3.8, 4) is 10.6 Å². The lowest BCUT2D eigenvalue weighted by Crippen LogP contribution is -2.33. The molecule has 3 aromatic heterocycles. The highest BCUT2D eigenvalue weighted by Crippen LogP contribution is 2.26. The number of hydrogen-bond donors (Lipinski definition) is 1. The fourth-order valence-corrected chi connectivity index (χ4v) is 4.06. The molecule has 4 rings (SSSR count). The molecule has 0 saturated carbocycles. The van der Waals surface area contributed by atoms with Crippen LogP contribution in [-0.2, 0) is 4.79 Å². The van der Waals surface area contributed by atoms with Crippen LogP contribution in [-0.4, -0.2) is 20.7 Å². The van der Waals surface area contributed by atoms with Gasteiger partial charge in [-0.2, -0.15) is 5.10 Å². The first-order valence-corrected chi connectivity index (χ1v) is 9.61. The lowest BCUT2D eigenvalue weighted by molar-refractivity contribution is -0.119. The van der Waals surface area contributed by atoms with Gasteiger partial charge < -0.3 is 5.32 Å². The molecule has 0 spiro atoms. The number of anilines is 1. The second-order valence-corrected chi connectivity index (χ2v) is 7.61. The normalized spacial score (nSPS) is 12.2. The first-order valence-electron chi connectivity index (χ1n) is 7.92. The van der Waals surface area contributed by atoms with E-state index >= 15 is 0 Å². The first-order chi connectivity index (χ1) is 12.6. The molecule has 1 unspecified atom stereocenters. The van der Waals surface area contributed by atoms with Gasteiger partial charge in [-0.05, 0) is 36.6 Å². The van der Waals surface area contributed by atoms with Gasteiger partial charge in [0.05, 0.1) is 15.1 Å². The third kappa shape index (κ3) is 3.16. The largest absolute Gasteiger partial charge is 0.300 e. The summed E-state index contributed by atoms with van der Waals surface area (Å²) in [5.41, 5.74) is 1.17. The van der Waals surface area contributed by atoms with Gasteiger partial charge >= 0.3 is 0 Å². The van der Waals surface area contributed by atoms with Gasteiger partial charge in [0.1, 0.15) is 11.7 Å². The van der Waals surface area contributed by atoms with Crippen molar-refractivity contribution in [2.75, 3.05) is 5.32 Å². The Labute approximate surface area is 156 Å². The minimum absolute atomic E-state index is 0.322. The second-order valence-electron chi connectivity index (χ2n) is 5.63. The molecular formula is C18H14N4O2S2. The summed E-state index contributed by atoms with van der Waals surface area (Å²) in [6.45, 7) is 1.65. The summed E-state index contributed by atoms with van der Waals surface area (Å²) >= 11 is 2.92. The average Bonchev–Trinajstić information content (AvgIpc) is 3.30. The minimum atomic E-state index is -0.755. The number of thiophene rings is 1. The lowest BCUT2D eigenvalue weighted by atomic mass is 10.3. The van der Waals surface area contributed by atoms with Crippen LogP contribution in [0.25, 0.3) is 20.8 Å². The van der Waals surface area contributed by atoms with E-state index in [1.54, 1.807) is 13.0 Å². The number of thiazole rings is 1. The predicted octanol–water partition coefficient (Wildman–Crippen LogP) is 3.78. The molecule has 0 aliphatic rings. The van der Waals surface area contributed by atoms with Crippen molar-refractivity contribution in [3.63, 3.8) is 0 Å². The van der Waals surface area contributed by atoms with E-state index in [0.29, 0.717) is 10.8 Å². The Morgan fingerprint density at radius 3 is 2.77 bits per heavy atom. The van der Waals surface area contributed by atoms with Crippen molar-refractivity contribution < 1.29 is 4.79 Å². The Balaban J connectivity index is 1.60. The molecule has 4 aromatic rings. The molecule has 1 N–H and O–H groups in total. The molecule has 1 atom stereocenters. The molecule has 1 amide bonds. The van der Waals surface area contributed by atoms with Gasteiger partial charge in [0.15, 0.2) is 5.13 Å². The number of carbonyl (C=O) groups excluding carboxylic acids is 1. The van der Waals surface area contributed by atoms with E-state index in [1.807, 2.05) is 41.8 Å². The van der Waals surface area contributed by atoms with Crippen LogP contribution in [0.4, 0.5) is 5.13 Å². The fourth-order valence-electron chi connectivity index (χ4n) is 2.51. The summed E-state index contributed by atoms with van der Waals surface area (Å²) < 4.78 is 2.20. The van der Waals surface area contributed by atoms with Crippen LogP contribution in [0.1, 0.15) is 13.0 Å². The van der Waals surface area contributed by atoms with Gasteiger partial charge in [0, 0.05) is 6.07 Å². The monoisotopic (exact) mass is 382 g/mol. The number of nitrogens with one attached hydrogen (secondary N) is 1. The minimum Gasteiger partial charge on any atom is -0.300 e. The zero-order chi connectivity index (χ0) is 18.1. The Morgan fingerprint density at radius 2 is 2.00 bits per heavy atom. The number of benzene rings is 1. The van der Waals surface area contributed by atoms with Gasteiger partial charge in [0.2, 0.25) is 0 Å². The van der Waals surface area contributed by atoms with E-state index < -0.39 is 6.04 Å². The maximum atomic E-state index is 12.6. The second kappa shape index (κ2) is 6.81. The highest BCUT2D eigenvalue weighted by atomic mass is 32.1. The van der Waals surface area contributed by atoms with Crippen molar-refractivity contribution in [1.29, 1.82) is 0 Å². The molecule has 1 aromatic carbocycles. The summed E-state index contributed by atoms with van der Waals surface area (Å²) in [6.07, 6.45) is 0. The zero-order valence-corrected chi connectivity index (χ0v) is 15.4. The van der Waals surface area contributed by atoms with Gasteiger partial charge in [-0.15, -0.1) is 11.3 Å². The summed E-state index contributed by atoms with van der Waals surface area (Å²) in [6, 6.07) is 13.9. The SMILES string of the molecule is CC(C(=O)Nc1nc2ccccc2s1)n1nc(-c2cccs2)ccc1=O. The Bertz CT molecular complexity index is 1100. The molecule has 0 aliphatic carbocycles. The molecule has 0 radical (unpaired) electrons. The number of para-hydroxylation sites is 1. The van der Waals surface area contributed by atoms with Crippen molar-refractivity contribution in [2.45, 2.75) is 13.0 Å². The smallest absolute Gasteiger partial charge is 0.267 e. The van der Waals surface area contributed by atoms with Crippen LogP contribution < -0.4 is 10.9 Å². The van der Waals surface area contributed by atoms with Gasteiger partial charge in [-0.1, -0.05) is 29.5 Å². The summed E-state index contributed by atoms with van der Waals surface area (Å²) in [5, 5.41) is 9.58. The molecule has 26 heavy (non-hydrogen) atoms. The maximum Gasteiger partial charge on any atom is 0.267 e. The van der Waals surface area contributed by atoms with E-state index in [9.17, 15) is 9.59 Å². The highest BCUT2D eigenvalue weighted by molar-refractivity contribution is 7.22. The number of nitrogens with zero attached hydrogens (tertiary/aromatic N) is 3. The predicted molar refractivity (Wildman–Crippen MR) is 105 cm³/mol. The standard InChI is InChI=1S/C18H14N4O2S2/c1-11(17(24)20-18-19-12-5-2-3-6-15(12)26-18)22-16(23)9-8-13(21-22)14-7-4-10-25-14/h2-11H,1H3,(H,19,20,24). The Morgan fingerprint density at radius 1 is 1.15 bits per heavy atom. The number of fused-ring (bicyclic) bond motifs is 1. The van der Waals surface area contributed by atoms with E-state index in [4.69, 9.17) is 0 Å². The summed E-state index contributed by atoms with van der Waals surface area (Å²) in [5.74, 6) is -0.331. The van der Waals surface area contributed by atoms with Gasteiger partial charge in [-0.25, -0.2) is 9.67 Å². The van der Waals surface area contributed by atoms with E-state index in [-0.39, 0.29) is 11.5 Å². The van der Waals surface area contributed by atoms with E-state index in [1.165, 1.54) is 33.4 Å². The Hall–Kier alpha value is -2.84. The maximum absolute atomic E-state index is 12.6.